The molecule has 3 N–H and O–H groups in total. The Kier molecular flexibility index (Phi) is 6.07. The Bertz CT molecular complexity index is 1500. The van der Waals surface area contributed by atoms with E-state index in [2.05, 4.69) is 15.3 Å². The molecule has 5 rings (SSSR count). The summed E-state index contributed by atoms with van der Waals surface area (Å²) in [5, 5.41) is 12.2. The molecule has 11 heteroatoms. The molecule has 0 unspecified atom stereocenters. The number of imidazole rings is 1. The van der Waals surface area contributed by atoms with Gasteiger partial charge < -0.3 is 29.6 Å². The lowest BCUT2D eigenvalue weighted by atomic mass is 9.74. The first kappa shape index (κ1) is 24.6. The summed E-state index contributed by atoms with van der Waals surface area (Å²) in [5.74, 6) is -1.24. The van der Waals surface area contributed by atoms with Gasteiger partial charge in [-0.05, 0) is 24.6 Å². The van der Waals surface area contributed by atoms with E-state index in [-0.39, 0.29) is 34.3 Å². The average Bonchev–Trinajstić information content (AvgIpc) is 3.41. The number of aromatic nitrogens is 2. The normalized spacial score (nSPS) is 20.5. The van der Waals surface area contributed by atoms with E-state index in [4.69, 9.17) is 30.9 Å². The van der Waals surface area contributed by atoms with Crippen LogP contribution in [0.3, 0.4) is 0 Å². The largest absolute Gasteiger partial charge is 0.496 e. The fourth-order valence-electron chi connectivity index (χ4n) is 4.89. The SMILES string of the molecule is COc1cc(OC)c2c(c1Cl)O[C@@]1(C(=O)C=C(Nc3ccc4nc(CCC(=O)O)[nH]c4c3)C[C@H]1C)C2=O. The number of aromatic amines is 1. The summed E-state index contributed by atoms with van der Waals surface area (Å²) in [5.41, 5.74) is 1.15. The number of rotatable bonds is 7. The molecule has 2 aliphatic rings. The van der Waals surface area contributed by atoms with E-state index in [1.54, 1.807) is 13.0 Å². The van der Waals surface area contributed by atoms with Crippen LogP contribution < -0.4 is 19.5 Å². The number of hydrogen-bond donors (Lipinski definition) is 3. The quantitative estimate of drug-likeness (QED) is 0.387. The van der Waals surface area contributed by atoms with Gasteiger partial charge in [-0.25, -0.2) is 4.98 Å². The number of nitrogens with zero attached hydrogens (tertiary/aromatic N) is 1. The molecular formula is C26H24ClN3O7. The Morgan fingerprint density at radius 3 is 2.70 bits per heavy atom. The molecular weight excluding hydrogens is 502 g/mol. The van der Waals surface area contributed by atoms with Crippen molar-refractivity contribution in [1.29, 1.82) is 0 Å². The molecule has 3 aromatic rings. The number of ketones is 2. The van der Waals surface area contributed by atoms with Crippen molar-refractivity contribution in [3.05, 3.63) is 52.4 Å². The van der Waals surface area contributed by atoms with E-state index in [1.807, 2.05) is 12.1 Å². The van der Waals surface area contributed by atoms with Crippen LogP contribution in [0.25, 0.3) is 11.0 Å². The van der Waals surface area contributed by atoms with Crippen LogP contribution in [-0.2, 0) is 16.0 Å². The predicted molar refractivity (Wildman–Crippen MR) is 135 cm³/mol. The van der Waals surface area contributed by atoms with Crippen LogP contribution in [0.5, 0.6) is 17.2 Å². The van der Waals surface area contributed by atoms with Gasteiger partial charge in [0.1, 0.15) is 27.9 Å². The molecule has 1 spiro atoms. The minimum atomic E-state index is -1.75. The first-order valence-electron chi connectivity index (χ1n) is 11.6. The van der Waals surface area contributed by atoms with Crippen molar-refractivity contribution in [2.45, 2.75) is 31.8 Å². The summed E-state index contributed by atoms with van der Waals surface area (Å²) >= 11 is 6.43. The second-order valence-electron chi connectivity index (χ2n) is 9.04. The highest BCUT2D eigenvalue weighted by Gasteiger charge is 2.60. The number of ether oxygens (including phenoxy) is 3. The smallest absolute Gasteiger partial charge is 0.303 e. The number of anilines is 1. The summed E-state index contributed by atoms with van der Waals surface area (Å²) in [7, 11) is 2.85. The zero-order valence-electron chi connectivity index (χ0n) is 20.3. The number of carboxylic acids is 1. The lowest BCUT2D eigenvalue weighted by Crippen LogP contribution is -2.55. The summed E-state index contributed by atoms with van der Waals surface area (Å²) < 4.78 is 16.7. The van der Waals surface area contributed by atoms with Gasteiger partial charge in [0.15, 0.2) is 5.75 Å². The molecule has 37 heavy (non-hydrogen) atoms. The molecule has 0 radical (unpaired) electrons. The molecule has 1 aliphatic heterocycles. The van der Waals surface area contributed by atoms with Crippen molar-refractivity contribution >= 4 is 45.9 Å². The Labute approximate surface area is 216 Å². The van der Waals surface area contributed by atoms with Crippen molar-refractivity contribution in [3.63, 3.8) is 0 Å². The zero-order valence-corrected chi connectivity index (χ0v) is 21.1. The van der Waals surface area contributed by atoms with Gasteiger partial charge in [0, 0.05) is 35.9 Å². The maximum atomic E-state index is 13.6. The molecule has 2 heterocycles. The summed E-state index contributed by atoms with van der Waals surface area (Å²) in [6.07, 6.45) is 2.02. The Hall–Kier alpha value is -4.05. The highest BCUT2D eigenvalue weighted by Crippen LogP contribution is 2.53. The van der Waals surface area contributed by atoms with E-state index in [0.717, 1.165) is 5.52 Å². The van der Waals surface area contributed by atoms with Crippen LogP contribution >= 0.6 is 11.6 Å². The van der Waals surface area contributed by atoms with Crippen molar-refractivity contribution in [2.24, 2.45) is 5.92 Å². The number of carbonyl (C=O) groups excluding carboxylic acids is 2. The fourth-order valence-corrected chi connectivity index (χ4v) is 5.15. The number of carbonyl (C=O) groups is 3. The van der Waals surface area contributed by atoms with Gasteiger partial charge >= 0.3 is 5.97 Å². The number of aryl methyl sites for hydroxylation is 1. The summed E-state index contributed by atoms with van der Waals surface area (Å²) in [4.78, 5) is 45.5. The number of aliphatic carboxylic acids is 1. The molecule has 0 amide bonds. The third-order valence-corrected chi connectivity index (χ3v) is 7.08. The van der Waals surface area contributed by atoms with Crippen LogP contribution in [0.15, 0.2) is 36.0 Å². The number of methoxy groups -OCH3 is 2. The zero-order chi connectivity index (χ0) is 26.5. The molecule has 0 bridgehead atoms. The summed E-state index contributed by atoms with van der Waals surface area (Å²) in [6.45, 7) is 1.78. The third-order valence-electron chi connectivity index (χ3n) is 6.72. The summed E-state index contributed by atoms with van der Waals surface area (Å²) in [6, 6.07) is 6.95. The molecule has 192 valence electrons. The number of benzene rings is 2. The van der Waals surface area contributed by atoms with Crippen molar-refractivity contribution in [2.75, 3.05) is 19.5 Å². The van der Waals surface area contributed by atoms with Gasteiger partial charge in [-0.3, -0.25) is 14.4 Å². The van der Waals surface area contributed by atoms with E-state index >= 15 is 0 Å². The number of allylic oxidation sites excluding steroid dienone is 1. The highest BCUT2D eigenvalue weighted by atomic mass is 35.5. The van der Waals surface area contributed by atoms with Gasteiger partial charge in [-0.15, -0.1) is 0 Å². The molecule has 2 aromatic carbocycles. The number of nitrogens with one attached hydrogen (secondary N) is 2. The van der Waals surface area contributed by atoms with Crippen molar-refractivity contribution < 1.29 is 33.7 Å². The van der Waals surface area contributed by atoms with Crippen molar-refractivity contribution in [3.8, 4) is 17.2 Å². The first-order valence-corrected chi connectivity index (χ1v) is 12.0. The van der Waals surface area contributed by atoms with Gasteiger partial charge in [-0.2, -0.15) is 0 Å². The van der Waals surface area contributed by atoms with Gasteiger partial charge in [0.05, 0.1) is 31.7 Å². The van der Waals surface area contributed by atoms with Crippen LogP contribution in [0, 0.1) is 5.92 Å². The fraction of sp³-hybridized carbons (Fsp3) is 0.308. The number of halogens is 1. The Morgan fingerprint density at radius 2 is 2.03 bits per heavy atom. The molecule has 0 fully saturated rings. The van der Waals surface area contributed by atoms with Crippen LogP contribution in [-0.4, -0.2) is 52.4 Å². The van der Waals surface area contributed by atoms with Gasteiger partial charge in [-0.1, -0.05) is 18.5 Å². The topological polar surface area (TPSA) is 140 Å². The van der Waals surface area contributed by atoms with Crippen LogP contribution in [0.1, 0.15) is 35.9 Å². The minimum absolute atomic E-state index is 0.0197. The molecule has 1 aliphatic carbocycles. The maximum Gasteiger partial charge on any atom is 0.303 e. The maximum absolute atomic E-state index is 13.6. The van der Waals surface area contributed by atoms with Gasteiger partial charge in [0.25, 0.3) is 0 Å². The predicted octanol–water partition coefficient (Wildman–Crippen LogP) is 4.17. The van der Waals surface area contributed by atoms with Crippen LogP contribution in [0.4, 0.5) is 5.69 Å². The molecule has 2 atom stereocenters. The second kappa shape index (κ2) is 9.11. The monoisotopic (exact) mass is 525 g/mol. The Balaban J connectivity index is 1.42. The van der Waals surface area contributed by atoms with E-state index < -0.39 is 29.1 Å². The lowest BCUT2D eigenvalue weighted by Gasteiger charge is -2.35. The number of carboxylic acid groups (broad SMARTS) is 1. The molecule has 0 saturated carbocycles. The van der Waals surface area contributed by atoms with Crippen molar-refractivity contribution in [1.82, 2.24) is 9.97 Å². The number of hydrogen-bond acceptors (Lipinski definition) is 8. The van der Waals surface area contributed by atoms with E-state index in [9.17, 15) is 14.4 Å². The molecule has 1 aromatic heterocycles. The van der Waals surface area contributed by atoms with Gasteiger partial charge in [0.2, 0.25) is 17.2 Å². The van der Waals surface area contributed by atoms with E-state index in [0.29, 0.717) is 35.6 Å². The van der Waals surface area contributed by atoms with E-state index in [1.165, 1.54) is 26.4 Å². The minimum Gasteiger partial charge on any atom is -0.496 e. The number of Topliss-reactive ketones (excluding diaryl/α,β-unsaturated/α-hetero) is 1. The Morgan fingerprint density at radius 1 is 1.27 bits per heavy atom. The number of H-pyrrole nitrogens is 1. The molecule has 10 nitrogen and oxygen atoms in total. The lowest BCUT2D eigenvalue weighted by molar-refractivity contribution is -0.137. The number of fused-ring (bicyclic) bond motifs is 2. The highest BCUT2D eigenvalue weighted by molar-refractivity contribution is 6.36. The molecule has 0 saturated heterocycles. The standard InChI is InChI=1S/C26H24ClN3O7/c1-12-8-14(28-13-4-5-15-16(9-13)30-20(29-15)6-7-21(32)33)10-19(31)26(12)25(34)22-17(35-2)11-18(36-3)23(27)24(22)37-26/h4-5,9-12,28H,6-8H2,1-3H3,(H,29,30)(H,32,33)/t12-,26+/m1/s1. The average molecular weight is 526 g/mol. The first-order chi connectivity index (χ1) is 17.7. The van der Waals surface area contributed by atoms with Crippen LogP contribution in [0.2, 0.25) is 5.02 Å². The second-order valence-corrected chi connectivity index (χ2v) is 9.42. The third kappa shape index (κ3) is 3.97.